The Morgan fingerprint density at radius 3 is 3.04 bits per heavy atom. The fraction of sp³-hybridized carbons (Fsp3) is 0.474. The SMILES string of the molecule is O=C(NCC12CC=CC(CCC1)C2)c1cccc2nc(C(F)(F)F)cn12. The maximum Gasteiger partial charge on any atom is 0.434 e. The van der Waals surface area contributed by atoms with Crippen LogP contribution in [-0.2, 0) is 6.18 Å². The Bertz CT molecular complexity index is 871. The molecule has 2 aromatic rings. The van der Waals surface area contributed by atoms with Crippen LogP contribution in [0.3, 0.4) is 0 Å². The van der Waals surface area contributed by atoms with Crippen LogP contribution in [0.1, 0.15) is 48.3 Å². The Kier molecular flexibility index (Phi) is 4.04. The fourth-order valence-corrected chi connectivity index (χ4v) is 4.28. The van der Waals surface area contributed by atoms with Crippen molar-refractivity contribution >= 4 is 11.6 Å². The molecule has 0 radical (unpaired) electrons. The lowest BCUT2D eigenvalue weighted by atomic mass is 9.65. The number of carbonyl (C=O) groups is 1. The third kappa shape index (κ3) is 3.10. The van der Waals surface area contributed by atoms with E-state index in [0.717, 1.165) is 31.9 Å². The Labute approximate surface area is 149 Å². The number of hydrogen-bond donors (Lipinski definition) is 1. The third-order valence-electron chi connectivity index (χ3n) is 5.58. The first kappa shape index (κ1) is 17.1. The molecule has 2 atom stereocenters. The molecule has 2 unspecified atom stereocenters. The lowest BCUT2D eigenvalue weighted by Crippen LogP contribution is -2.42. The molecule has 4 nitrogen and oxygen atoms in total. The van der Waals surface area contributed by atoms with Gasteiger partial charge in [0, 0.05) is 12.7 Å². The number of aromatic nitrogens is 2. The minimum atomic E-state index is -4.54. The lowest BCUT2D eigenvalue weighted by molar-refractivity contribution is -0.140. The van der Waals surface area contributed by atoms with E-state index in [1.165, 1.54) is 23.0 Å². The second kappa shape index (κ2) is 6.14. The molecule has 4 rings (SSSR count). The number of halogens is 3. The average Bonchev–Trinajstić information content (AvgIpc) is 3.04. The normalized spacial score (nSPS) is 25.4. The number of fused-ring (bicyclic) bond motifs is 3. The highest BCUT2D eigenvalue weighted by Crippen LogP contribution is 2.45. The van der Waals surface area contributed by atoms with Crippen molar-refractivity contribution < 1.29 is 18.0 Å². The number of imidazole rings is 1. The Hall–Kier alpha value is -2.31. The van der Waals surface area contributed by atoms with E-state index in [1.807, 2.05) is 0 Å². The van der Waals surface area contributed by atoms with Gasteiger partial charge in [-0.05, 0) is 49.1 Å². The predicted octanol–water partition coefficient (Wildman–Crippen LogP) is 4.22. The van der Waals surface area contributed by atoms with Crippen LogP contribution in [0.5, 0.6) is 0 Å². The highest BCUT2D eigenvalue weighted by molar-refractivity contribution is 5.93. The smallest absolute Gasteiger partial charge is 0.350 e. The molecule has 0 spiro atoms. The van der Waals surface area contributed by atoms with Crippen LogP contribution in [-0.4, -0.2) is 21.8 Å². The van der Waals surface area contributed by atoms with Gasteiger partial charge in [-0.2, -0.15) is 13.2 Å². The first-order valence-corrected chi connectivity index (χ1v) is 8.87. The van der Waals surface area contributed by atoms with E-state index in [9.17, 15) is 18.0 Å². The van der Waals surface area contributed by atoms with Crippen LogP contribution in [0.2, 0.25) is 0 Å². The molecule has 1 N–H and O–H groups in total. The molecular formula is C19H20F3N3O. The van der Waals surface area contributed by atoms with E-state index in [-0.39, 0.29) is 22.7 Å². The van der Waals surface area contributed by atoms with Crippen LogP contribution in [0.25, 0.3) is 5.65 Å². The van der Waals surface area contributed by atoms with E-state index in [4.69, 9.17) is 0 Å². The Morgan fingerprint density at radius 1 is 1.38 bits per heavy atom. The predicted molar refractivity (Wildman–Crippen MR) is 90.7 cm³/mol. The summed E-state index contributed by atoms with van der Waals surface area (Å²) < 4.78 is 39.9. The van der Waals surface area contributed by atoms with E-state index in [2.05, 4.69) is 22.5 Å². The van der Waals surface area contributed by atoms with E-state index in [0.29, 0.717) is 12.5 Å². The minimum absolute atomic E-state index is 0.0767. The molecule has 0 aromatic carbocycles. The third-order valence-corrected chi connectivity index (χ3v) is 5.58. The summed E-state index contributed by atoms with van der Waals surface area (Å²) in [6.07, 6.45) is 6.23. The number of amides is 1. The van der Waals surface area contributed by atoms with Gasteiger partial charge in [0.2, 0.25) is 0 Å². The van der Waals surface area contributed by atoms with Crippen LogP contribution < -0.4 is 5.32 Å². The van der Waals surface area contributed by atoms with Crippen molar-refractivity contribution in [2.45, 2.75) is 38.3 Å². The van der Waals surface area contributed by atoms with Gasteiger partial charge in [0.25, 0.3) is 5.91 Å². The van der Waals surface area contributed by atoms with Crippen molar-refractivity contribution in [2.24, 2.45) is 11.3 Å². The summed E-state index contributed by atoms with van der Waals surface area (Å²) in [7, 11) is 0. The standard InChI is InChI=1S/C19H20F3N3O/c20-19(21,22)15-11-25-14(6-1-7-16(25)24-15)17(26)23-12-18-8-2-4-13(10-18)5-3-9-18/h1-2,4,6-7,11,13H,3,5,8-10,12H2,(H,23,26). The quantitative estimate of drug-likeness (QED) is 0.830. The average molecular weight is 363 g/mol. The van der Waals surface area contributed by atoms with E-state index >= 15 is 0 Å². The maximum atomic E-state index is 12.9. The van der Waals surface area contributed by atoms with Crippen molar-refractivity contribution in [2.75, 3.05) is 6.54 Å². The molecule has 0 saturated heterocycles. The number of pyridine rings is 1. The molecule has 1 saturated carbocycles. The van der Waals surface area contributed by atoms with Crippen LogP contribution in [0.15, 0.2) is 36.5 Å². The van der Waals surface area contributed by atoms with Gasteiger partial charge in [0.15, 0.2) is 5.69 Å². The van der Waals surface area contributed by atoms with Gasteiger partial charge in [-0.3, -0.25) is 9.20 Å². The second-order valence-corrected chi connectivity index (χ2v) is 7.43. The molecular weight excluding hydrogens is 343 g/mol. The maximum absolute atomic E-state index is 12.9. The number of carbonyl (C=O) groups excluding carboxylic acids is 1. The van der Waals surface area contributed by atoms with E-state index in [1.54, 1.807) is 6.07 Å². The zero-order valence-electron chi connectivity index (χ0n) is 14.2. The summed E-state index contributed by atoms with van der Waals surface area (Å²) in [6, 6.07) is 4.53. The number of nitrogens with one attached hydrogen (secondary N) is 1. The Balaban J connectivity index is 1.55. The van der Waals surface area contributed by atoms with Crippen molar-refractivity contribution in [3.63, 3.8) is 0 Å². The van der Waals surface area contributed by atoms with Gasteiger partial charge in [-0.25, -0.2) is 4.98 Å². The van der Waals surface area contributed by atoms with Crippen LogP contribution in [0, 0.1) is 11.3 Å². The van der Waals surface area contributed by atoms with Crippen LogP contribution >= 0.6 is 0 Å². The van der Waals surface area contributed by atoms with Gasteiger partial charge in [0.05, 0.1) is 0 Å². The number of allylic oxidation sites excluding steroid dienone is 2. The number of hydrogen-bond acceptors (Lipinski definition) is 2. The Morgan fingerprint density at radius 2 is 2.23 bits per heavy atom. The first-order valence-electron chi connectivity index (χ1n) is 8.87. The minimum Gasteiger partial charge on any atom is -0.350 e. The topological polar surface area (TPSA) is 46.4 Å². The largest absolute Gasteiger partial charge is 0.434 e. The fourth-order valence-electron chi connectivity index (χ4n) is 4.28. The van der Waals surface area contributed by atoms with Gasteiger partial charge < -0.3 is 5.32 Å². The monoisotopic (exact) mass is 363 g/mol. The van der Waals surface area contributed by atoms with Crippen molar-refractivity contribution in [1.82, 2.24) is 14.7 Å². The molecule has 1 fully saturated rings. The van der Waals surface area contributed by atoms with Gasteiger partial charge in [-0.1, -0.05) is 24.6 Å². The van der Waals surface area contributed by atoms with Gasteiger partial charge in [0.1, 0.15) is 11.3 Å². The highest BCUT2D eigenvalue weighted by Gasteiger charge is 2.37. The van der Waals surface area contributed by atoms with Crippen molar-refractivity contribution in [1.29, 1.82) is 0 Å². The highest BCUT2D eigenvalue weighted by atomic mass is 19.4. The molecule has 0 aliphatic heterocycles. The summed E-state index contributed by atoms with van der Waals surface area (Å²) in [5, 5.41) is 2.95. The first-order chi connectivity index (χ1) is 12.4. The molecule has 2 aliphatic carbocycles. The number of alkyl halides is 3. The lowest BCUT2D eigenvalue weighted by Gasteiger charge is -2.42. The van der Waals surface area contributed by atoms with Crippen molar-refractivity contribution in [3.05, 3.63) is 47.9 Å². The zero-order valence-corrected chi connectivity index (χ0v) is 14.2. The number of nitrogens with zero attached hydrogens (tertiary/aromatic N) is 2. The molecule has 2 aliphatic rings. The number of rotatable bonds is 3. The molecule has 2 heterocycles. The van der Waals surface area contributed by atoms with Gasteiger partial charge in [-0.15, -0.1) is 0 Å². The molecule has 138 valence electrons. The van der Waals surface area contributed by atoms with E-state index < -0.39 is 11.9 Å². The molecule has 1 amide bonds. The molecule has 2 aromatic heterocycles. The molecule has 2 bridgehead atoms. The molecule has 26 heavy (non-hydrogen) atoms. The van der Waals surface area contributed by atoms with Crippen molar-refractivity contribution in [3.8, 4) is 0 Å². The summed E-state index contributed by atoms with van der Waals surface area (Å²) in [5.74, 6) is 0.216. The summed E-state index contributed by atoms with van der Waals surface area (Å²) in [5.41, 5.74) is -0.640. The second-order valence-electron chi connectivity index (χ2n) is 7.43. The summed E-state index contributed by atoms with van der Waals surface area (Å²) >= 11 is 0. The molecule has 7 heteroatoms. The van der Waals surface area contributed by atoms with Gasteiger partial charge >= 0.3 is 6.18 Å². The summed E-state index contributed by atoms with van der Waals surface area (Å²) in [6.45, 7) is 0.546. The zero-order chi connectivity index (χ0) is 18.4. The van der Waals surface area contributed by atoms with Crippen LogP contribution in [0.4, 0.5) is 13.2 Å². The summed E-state index contributed by atoms with van der Waals surface area (Å²) in [4.78, 5) is 16.2.